The molecule has 1 amide bonds. The molecule has 114 valence electrons. The van der Waals surface area contributed by atoms with E-state index in [0.717, 1.165) is 18.8 Å². The van der Waals surface area contributed by atoms with Gasteiger partial charge in [0.25, 0.3) is 5.91 Å². The number of amides is 1. The zero-order valence-corrected chi connectivity index (χ0v) is 12.2. The third-order valence-electron chi connectivity index (χ3n) is 3.87. The zero-order chi connectivity index (χ0) is 15.4. The van der Waals surface area contributed by atoms with Crippen LogP contribution in [0.2, 0.25) is 0 Å². The molecule has 3 rings (SSSR count). The molecule has 2 aromatic rings. The number of carbonyl (C=O) groups excluding carboxylic acids is 1. The van der Waals surface area contributed by atoms with Crippen LogP contribution in [0.15, 0.2) is 54.7 Å². The van der Waals surface area contributed by atoms with E-state index in [9.17, 15) is 9.90 Å². The lowest BCUT2D eigenvalue weighted by Crippen LogP contribution is -2.39. The number of aliphatic hydroxyl groups is 1. The smallest absolute Gasteiger partial charge is 0.253 e. The Kier molecular flexibility index (Phi) is 4.34. The molecule has 0 radical (unpaired) electrons. The third-order valence-corrected chi connectivity index (χ3v) is 3.87. The van der Waals surface area contributed by atoms with Crippen molar-refractivity contribution in [1.82, 2.24) is 10.3 Å². The Balaban J connectivity index is 1.57. The lowest BCUT2D eigenvalue weighted by molar-refractivity contribution is -0.130. The Hall–Kier alpha value is -2.40. The summed E-state index contributed by atoms with van der Waals surface area (Å²) in [4.78, 5) is 18.6. The average molecular weight is 297 g/mol. The summed E-state index contributed by atoms with van der Waals surface area (Å²) < 4.78 is 0. The quantitative estimate of drug-likeness (QED) is 0.898. The minimum absolute atomic E-state index is 0.0351. The molecule has 2 heterocycles. The molecule has 0 spiro atoms. The molecule has 1 aromatic heterocycles. The second kappa shape index (κ2) is 6.58. The van der Waals surface area contributed by atoms with Gasteiger partial charge in [-0.1, -0.05) is 36.4 Å². The molecule has 1 aromatic carbocycles. The van der Waals surface area contributed by atoms with Crippen LogP contribution in [0.4, 0.5) is 5.82 Å². The van der Waals surface area contributed by atoms with Crippen molar-refractivity contribution in [3.8, 4) is 0 Å². The third kappa shape index (κ3) is 3.26. The predicted octanol–water partition coefficient (Wildman–Crippen LogP) is 1.51. The highest BCUT2D eigenvalue weighted by Crippen LogP contribution is 2.18. The van der Waals surface area contributed by atoms with E-state index in [-0.39, 0.29) is 11.9 Å². The molecule has 5 nitrogen and oxygen atoms in total. The Morgan fingerprint density at radius 1 is 1.23 bits per heavy atom. The second-order valence-electron chi connectivity index (χ2n) is 5.44. The topological polar surface area (TPSA) is 65.5 Å². The van der Waals surface area contributed by atoms with E-state index in [0.29, 0.717) is 12.1 Å². The van der Waals surface area contributed by atoms with Gasteiger partial charge in [0, 0.05) is 25.3 Å². The van der Waals surface area contributed by atoms with Crippen molar-refractivity contribution in [2.75, 3.05) is 18.0 Å². The number of aliphatic hydroxyl groups excluding tert-OH is 1. The molecule has 1 aliphatic rings. The number of rotatable bonds is 4. The van der Waals surface area contributed by atoms with Crippen molar-refractivity contribution >= 4 is 11.7 Å². The Labute approximate surface area is 129 Å². The van der Waals surface area contributed by atoms with Crippen molar-refractivity contribution in [3.05, 3.63) is 60.3 Å². The summed E-state index contributed by atoms with van der Waals surface area (Å²) in [5, 5.41) is 13.0. The highest BCUT2D eigenvalue weighted by Gasteiger charge is 2.27. The van der Waals surface area contributed by atoms with E-state index in [2.05, 4.69) is 15.2 Å². The normalized spacial score (nSPS) is 19.0. The van der Waals surface area contributed by atoms with E-state index in [4.69, 9.17) is 0 Å². The minimum atomic E-state index is -1.12. The van der Waals surface area contributed by atoms with E-state index < -0.39 is 6.10 Å². The summed E-state index contributed by atoms with van der Waals surface area (Å²) in [6.07, 6.45) is 1.50. The van der Waals surface area contributed by atoms with Gasteiger partial charge in [0.2, 0.25) is 0 Å². The van der Waals surface area contributed by atoms with Gasteiger partial charge in [0.05, 0.1) is 0 Å². The van der Waals surface area contributed by atoms with E-state index in [1.807, 2.05) is 36.4 Å². The van der Waals surface area contributed by atoms with Crippen LogP contribution < -0.4 is 10.2 Å². The second-order valence-corrected chi connectivity index (χ2v) is 5.44. The van der Waals surface area contributed by atoms with E-state index >= 15 is 0 Å². The number of nitrogens with one attached hydrogen (secondary N) is 1. The van der Waals surface area contributed by atoms with Crippen molar-refractivity contribution in [1.29, 1.82) is 0 Å². The highest BCUT2D eigenvalue weighted by molar-refractivity contribution is 5.82. The summed E-state index contributed by atoms with van der Waals surface area (Å²) in [6.45, 7) is 1.56. The van der Waals surface area contributed by atoms with Crippen LogP contribution in [0.25, 0.3) is 0 Å². The maximum Gasteiger partial charge on any atom is 0.253 e. The Morgan fingerprint density at radius 2 is 2.00 bits per heavy atom. The van der Waals surface area contributed by atoms with Gasteiger partial charge in [-0.15, -0.1) is 0 Å². The lowest BCUT2D eigenvalue weighted by Gasteiger charge is -2.19. The number of nitrogens with zero attached hydrogens (tertiary/aromatic N) is 2. The van der Waals surface area contributed by atoms with Crippen LogP contribution in [0.5, 0.6) is 0 Å². The number of carbonyl (C=O) groups is 1. The summed E-state index contributed by atoms with van der Waals surface area (Å²) in [6, 6.07) is 14.8. The molecule has 2 N–H and O–H groups in total. The first-order valence-corrected chi connectivity index (χ1v) is 7.43. The molecule has 1 aliphatic heterocycles. The summed E-state index contributed by atoms with van der Waals surface area (Å²) in [7, 11) is 0. The molecular formula is C17H19N3O2. The highest BCUT2D eigenvalue weighted by atomic mass is 16.3. The SMILES string of the molecule is O=C(NC1CCN(c2ccccn2)C1)C(O)c1ccccc1. The molecule has 0 saturated carbocycles. The molecule has 0 bridgehead atoms. The fourth-order valence-electron chi connectivity index (χ4n) is 2.69. The number of hydrogen-bond acceptors (Lipinski definition) is 4. The first-order chi connectivity index (χ1) is 10.7. The van der Waals surface area contributed by atoms with Crippen LogP contribution in [-0.4, -0.2) is 35.1 Å². The molecule has 22 heavy (non-hydrogen) atoms. The fraction of sp³-hybridized carbons (Fsp3) is 0.294. The van der Waals surface area contributed by atoms with Crippen LogP contribution in [0.3, 0.4) is 0 Å². The first kappa shape index (κ1) is 14.5. The van der Waals surface area contributed by atoms with Crippen LogP contribution in [0.1, 0.15) is 18.1 Å². The maximum atomic E-state index is 12.1. The predicted molar refractivity (Wildman–Crippen MR) is 84.4 cm³/mol. The van der Waals surface area contributed by atoms with Gasteiger partial charge in [0.15, 0.2) is 6.10 Å². The van der Waals surface area contributed by atoms with Gasteiger partial charge >= 0.3 is 0 Å². The largest absolute Gasteiger partial charge is 0.378 e. The number of hydrogen-bond donors (Lipinski definition) is 2. The van der Waals surface area contributed by atoms with Gasteiger partial charge in [0.1, 0.15) is 5.82 Å². The van der Waals surface area contributed by atoms with Crippen molar-refractivity contribution in [3.63, 3.8) is 0 Å². The molecular weight excluding hydrogens is 278 g/mol. The van der Waals surface area contributed by atoms with E-state index in [1.54, 1.807) is 18.3 Å². The molecule has 1 saturated heterocycles. The number of anilines is 1. The Bertz CT molecular complexity index is 618. The standard InChI is InChI=1S/C17H19N3O2/c21-16(13-6-2-1-3-7-13)17(22)19-14-9-11-20(12-14)15-8-4-5-10-18-15/h1-8,10,14,16,21H,9,11-12H2,(H,19,22). The number of aromatic nitrogens is 1. The lowest BCUT2D eigenvalue weighted by atomic mass is 10.1. The van der Waals surface area contributed by atoms with Gasteiger partial charge in [-0.3, -0.25) is 4.79 Å². The summed E-state index contributed by atoms with van der Waals surface area (Å²) in [5.41, 5.74) is 0.611. The van der Waals surface area contributed by atoms with Crippen molar-refractivity contribution in [2.45, 2.75) is 18.6 Å². The Morgan fingerprint density at radius 3 is 2.73 bits per heavy atom. The summed E-state index contributed by atoms with van der Waals surface area (Å²) in [5.74, 6) is 0.571. The van der Waals surface area contributed by atoms with Crippen LogP contribution in [0, 0.1) is 0 Å². The summed E-state index contributed by atoms with van der Waals surface area (Å²) >= 11 is 0. The molecule has 2 unspecified atom stereocenters. The number of pyridine rings is 1. The van der Waals surface area contributed by atoms with Gasteiger partial charge in [-0.05, 0) is 24.1 Å². The van der Waals surface area contributed by atoms with Crippen molar-refractivity contribution < 1.29 is 9.90 Å². The minimum Gasteiger partial charge on any atom is -0.378 e. The van der Waals surface area contributed by atoms with Gasteiger partial charge in [-0.25, -0.2) is 4.98 Å². The molecule has 2 atom stereocenters. The van der Waals surface area contributed by atoms with Gasteiger partial charge < -0.3 is 15.3 Å². The molecule has 5 heteroatoms. The van der Waals surface area contributed by atoms with Crippen LogP contribution >= 0.6 is 0 Å². The van der Waals surface area contributed by atoms with Crippen molar-refractivity contribution in [2.24, 2.45) is 0 Å². The van der Waals surface area contributed by atoms with Crippen LogP contribution in [-0.2, 0) is 4.79 Å². The maximum absolute atomic E-state index is 12.1. The first-order valence-electron chi connectivity index (χ1n) is 7.43. The van der Waals surface area contributed by atoms with Gasteiger partial charge in [-0.2, -0.15) is 0 Å². The monoisotopic (exact) mass is 297 g/mol. The molecule has 0 aliphatic carbocycles. The van der Waals surface area contributed by atoms with E-state index in [1.165, 1.54) is 0 Å². The number of benzene rings is 1. The molecule has 1 fully saturated rings. The fourth-order valence-corrected chi connectivity index (χ4v) is 2.69. The average Bonchev–Trinajstić information content (AvgIpc) is 3.04. The zero-order valence-electron chi connectivity index (χ0n) is 12.2.